The van der Waals surface area contributed by atoms with Crippen LogP contribution in [0.3, 0.4) is 0 Å². The van der Waals surface area contributed by atoms with E-state index in [0.29, 0.717) is 23.1 Å². The maximum Gasteiger partial charge on any atom is 0.340 e. The average molecular weight is 533 g/mol. The van der Waals surface area contributed by atoms with Gasteiger partial charge in [0.2, 0.25) is 0 Å². The number of unbranched alkanes of at least 4 members (excludes halogenated alkanes) is 1. The van der Waals surface area contributed by atoms with Crippen LogP contribution in [0.5, 0.6) is 11.5 Å². The second kappa shape index (κ2) is 10.1. The fraction of sp³-hybridized carbons (Fsp3) is 0.286. The van der Waals surface area contributed by atoms with Gasteiger partial charge < -0.3 is 19.7 Å². The van der Waals surface area contributed by atoms with Crippen LogP contribution in [0.25, 0.3) is 0 Å². The zero-order valence-corrected chi connectivity index (χ0v) is 23.9. The van der Waals surface area contributed by atoms with E-state index >= 15 is 0 Å². The molecular weight excluding hydrogens is 496 g/mol. The van der Waals surface area contributed by atoms with Crippen molar-refractivity contribution in [1.29, 1.82) is 0 Å². The Morgan fingerprint density at radius 1 is 0.875 bits per heavy atom. The SMILES string of the molecule is CCCCN(c1ccc2c(c1)Oc1ccc(Nc3ccc(C)cc3C)cc1C21OC(=O)c2ccccc21)C(C)C. The Morgan fingerprint density at radius 2 is 1.70 bits per heavy atom. The molecule has 1 unspecified atom stereocenters. The first-order valence-corrected chi connectivity index (χ1v) is 14.2. The van der Waals surface area contributed by atoms with Crippen molar-refractivity contribution in [3.05, 3.63) is 112 Å². The molecule has 4 aromatic carbocycles. The number of fused-ring (bicyclic) bond motifs is 6. The van der Waals surface area contributed by atoms with E-state index in [4.69, 9.17) is 9.47 Å². The van der Waals surface area contributed by atoms with Gasteiger partial charge in [-0.2, -0.15) is 0 Å². The molecule has 0 radical (unpaired) electrons. The zero-order chi connectivity index (χ0) is 28.0. The van der Waals surface area contributed by atoms with Gasteiger partial charge in [-0.15, -0.1) is 0 Å². The minimum absolute atomic E-state index is 0.321. The Balaban J connectivity index is 1.50. The minimum atomic E-state index is -1.10. The fourth-order valence-electron chi connectivity index (χ4n) is 6.04. The molecule has 0 saturated carbocycles. The molecule has 5 nitrogen and oxygen atoms in total. The highest BCUT2D eigenvalue weighted by molar-refractivity contribution is 5.97. The summed E-state index contributed by atoms with van der Waals surface area (Å²) in [5.41, 5.74) is 7.41. The van der Waals surface area contributed by atoms with E-state index in [1.807, 2.05) is 36.4 Å². The van der Waals surface area contributed by atoms with Crippen LogP contribution in [0.4, 0.5) is 17.1 Å². The number of carbonyl (C=O) groups excluding carboxylic acids is 1. The minimum Gasteiger partial charge on any atom is -0.456 e. The van der Waals surface area contributed by atoms with Crippen LogP contribution >= 0.6 is 0 Å². The molecule has 40 heavy (non-hydrogen) atoms. The second-order valence-electron chi connectivity index (χ2n) is 11.2. The molecular formula is C35H36N2O3. The maximum atomic E-state index is 13.3. The first-order chi connectivity index (χ1) is 19.3. The number of hydrogen-bond acceptors (Lipinski definition) is 5. The lowest BCUT2D eigenvalue weighted by Crippen LogP contribution is -2.34. The van der Waals surface area contributed by atoms with Gasteiger partial charge in [-0.25, -0.2) is 4.79 Å². The number of hydrogen-bond donors (Lipinski definition) is 1. The second-order valence-corrected chi connectivity index (χ2v) is 11.2. The summed E-state index contributed by atoms with van der Waals surface area (Å²) in [5.74, 6) is 1.08. The van der Waals surface area contributed by atoms with E-state index in [2.05, 4.69) is 87.3 Å². The smallest absolute Gasteiger partial charge is 0.340 e. The van der Waals surface area contributed by atoms with Crippen molar-refractivity contribution in [2.24, 2.45) is 0 Å². The molecule has 4 aromatic rings. The standard InChI is InChI=1S/C35H36N2O3/c1-6-7-18-37(22(2)3)26-14-15-29-33(21-26)39-32-17-13-25(36-31-16-12-23(4)19-24(31)5)20-30(32)35(29)28-11-9-8-10-27(28)34(38)40-35/h8-17,19-22,36H,6-7,18H2,1-5H3. The van der Waals surface area contributed by atoms with Crippen molar-refractivity contribution in [3.63, 3.8) is 0 Å². The summed E-state index contributed by atoms with van der Waals surface area (Å²) < 4.78 is 13.0. The van der Waals surface area contributed by atoms with E-state index in [-0.39, 0.29) is 5.97 Å². The third kappa shape index (κ3) is 4.21. The number of esters is 1. The number of rotatable bonds is 7. The number of benzene rings is 4. The first-order valence-electron chi connectivity index (χ1n) is 14.2. The number of anilines is 3. The van der Waals surface area contributed by atoms with Gasteiger partial charge in [0.15, 0.2) is 5.60 Å². The normalized spacial score (nSPS) is 16.7. The Labute approximate surface area is 236 Å². The van der Waals surface area contributed by atoms with Crippen LogP contribution in [0.15, 0.2) is 78.9 Å². The summed E-state index contributed by atoms with van der Waals surface area (Å²) in [6.45, 7) is 11.8. The number of carbonyl (C=O) groups is 1. The lowest BCUT2D eigenvalue weighted by Gasteiger charge is -2.38. The van der Waals surface area contributed by atoms with Crippen molar-refractivity contribution >= 4 is 23.0 Å². The Kier molecular flexibility index (Phi) is 6.53. The van der Waals surface area contributed by atoms with Crippen LogP contribution < -0.4 is 15.0 Å². The predicted molar refractivity (Wildman–Crippen MR) is 161 cm³/mol. The highest BCUT2D eigenvalue weighted by Gasteiger charge is 2.53. The van der Waals surface area contributed by atoms with Crippen molar-refractivity contribution in [1.82, 2.24) is 0 Å². The van der Waals surface area contributed by atoms with Crippen LogP contribution in [0.2, 0.25) is 0 Å². The molecule has 0 bridgehead atoms. The molecule has 2 aliphatic heterocycles. The molecule has 0 amide bonds. The summed E-state index contributed by atoms with van der Waals surface area (Å²) in [7, 11) is 0. The number of ether oxygens (including phenoxy) is 2. The van der Waals surface area contributed by atoms with Crippen molar-refractivity contribution in [2.45, 2.75) is 59.1 Å². The molecule has 0 aliphatic carbocycles. The maximum absolute atomic E-state index is 13.3. The number of nitrogens with zero attached hydrogens (tertiary/aromatic N) is 1. The molecule has 0 aromatic heterocycles. The van der Waals surface area contributed by atoms with E-state index in [1.165, 1.54) is 5.56 Å². The summed E-state index contributed by atoms with van der Waals surface area (Å²) >= 11 is 0. The van der Waals surface area contributed by atoms with Crippen molar-refractivity contribution in [3.8, 4) is 11.5 Å². The quantitative estimate of drug-likeness (QED) is 0.241. The summed E-state index contributed by atoms with van der Waals surface area (Å²) in [6.07, 6.45) is 2.25. The van der Waals surface area contributed by atoms with E-state index in [0.717, 1.165) is 58.7 Å². The Hall–Kier alpha value is -4.25. The summed E-state index contributed by atoms with van der Waals surface area (Å²) in [6, 6.07) is 26.8. The third-order valence-corrected chi connectivity index (χ3v) is 8.06. The third-order valence-electron chi connectivity index (χ3n) is 8.06. The van der Waals surface area contributed by atoms with Gasteiger partial charge in [0, 0.05) is 52.4 Å². The number of nitrogens with one attached hydrogen (secondary N) is 1. The van der Waals surface area contributed by atoms with Crippen LogP contribution in [-0.4, -0.2) is 18.6 Å². The zero-order valence-electron chi connectivity index (χ0n) is 23.9. The Bertz CT molecular complexity index is 1610. The monoisotopic (exact) mass is 532 g/mol. The van der Waals surface area contributed by atoms with Gasteiger partial charge in [0.25, 0.3) is 0 Å². The molecule has 2 aliphatic rings. The molecule has 0 fully saturated rings. The predicted octanol–water partition coefficient (Wildman–Crippen LogP) is 8.63. The average Bonchev–Trinajstić information content (AvgIpc) is 3.23. The molecule has 6 rings (SSSR count). The molecule has 2 heterocycles. The summed E-state index contributed by atoms with van der Waals surface area (Å²) in [5, 5.41) is 3.57. The van der Waals surface area contributed by atoms with Gasteiger partial charge in [-0.1, -0.05) is 49.2 Å². The van der Waals surface area contributed by atoms with Crippen molar-refractivity contribution in [2.75, 3.05) is 16.8 Å². The van der Waals surface area contributed by atoms with E-state index < -0.39 is 5.60 Å². The van der Waals surface area contributed by atoms with Crippen molar-refractivity contribution < 1.29 is 14.3 Å². The molecule has 5 heteroatoms. The van der Waals surface area contributed by atoms with E-state index in [1.54, 1.807) is 0 Å². The molecule has 0 saturated heterocycles. The lowest BCUT2D eigenvalue weighted by atomic mass is 9.77. The molecule has 1 atom stereocenters. The van der Waals surface area contributed by atoms with Gasteiger partial charge >= 0.3 is 5.97 Å². The highest BCUT2D eigenvalue weighted by Crippen LogP contribution is 2.57. The van der Waals surface area contributed by atoms with Crippen LogP contribution in [-0.2, 0) is 10.3 Å². The number of aryl methyl sites for hydroxylation is 2. The van der Waals surface area contributed by atoms with Gasteiger partial charge in [0.1, 0.15) is 11.5 Å². The topological polar surface area (TPSA) is 50.8 Å². The summed E-state index contributed by atoms with van der Waals surface area (Å²) in [4.78, 5) is 15.7. The van der Waals surface area contributed by atoms with Crippen LogP contribution in [0.1, 0.15) is 71.8 Å². The fourth-order valence-corrected chi connectivity index (χ4v) is 6.04. The Morgan fingerprint density at radius 3 is 2.48 bits per heavy atom. The van der Waals surface area contributed by atoms with E-state index in [9.17, 15) is 4.79 Å². The molecule has 1 spiro atoms. The van der Waals surface area contributed by atoms with Gasteiger partial charge in [-0.3, -0.25) is 0 Å². The molecule has 204 valence electrons. The van der Waals surface area contributed by atoms with Gasteiger partial charge in [-0.05, 0) is 82.1 Å². The lowest BCUT2D eigenvalue weighted by molar-refractivity contribution is 0.0224. The molecule has 1 N–H and O–H groups in total. The highest BCUT2D eigenvalue weighted by atomic mass is 16.6. The first kappa shape index (κ1) is 26.0. The largest absolute Gasteiger partial charge is 0.456 e. The van der Waals surface area contributed by atoms with Gasteiger partial charge in [0.05, 0.1) is 5.56 Å². The van der Waals surface area contributed by atoms with Crippen LogP contribution in [0, 0.1) is 13.8 Å².